The number of hydrogen-bond donors (Lipinski definition) is 0. The third-order valence-corrected chi connectivity index (χ3v) is 1.41. The van der Waals surface area contributed by atoms with Gasteiger partial charge in [0, 0.05) is 0 Å². The summed E-state index contributed by atoms with van der Waals surface area (Å²) in [4.78, 5) is 0. The van der Waals surface area contributed by atoms with Gasteiger partial charge in [0.1, 0.15) is 0 Å². The molecule has 0 N–H and O–H groups in total. The topological polar surface area (TPSA) is 0 Å². The quantitative estimate of drug-likeness (QED) is 0.492. The third-order valence-electron chi connectivity index (χ3n) is 0.558. The van der Waals surface area contributed by atoms with Crippen LogP contribution >= 0.6 is 0 Å². The molecule has 0 saturated heterocycles. The molecule has 0 aromatic heterocycles. The van der Waals surface area contributed by atoms with Gasteiger partial charge >= 0.3 is 41.5 Å². The molecule has 30 valence electrons. The summed E-state index contributed by atoms with van der Waals surface area (Å²) in [6.45, 7) is 2.22. The van der Waals surface area contributed by atoms with Crippen LogP contribution in [-0.4, -0.2) is 16.5 Å². The fourth-order valence-corrected chi connectivity index (χ4v) is 1.06. The van der Waals surface area contributed by atoms with E-state index in [-0.39, 0.29) is 0 Å². The Hall–Kier alpha value is 0.543. The summed E-state index contributed by atoms with van der Waals surface area (Å²) in [6, 6.07) is 0. The van der Waals surface area contributed by atoms with E-state index in [0.717, 1.165) is 0 Å². The van der Waals surface area contributed by atoms with E-state index in [9.17, 15) is 0 Å². The zero-order valence-electron chi connectivity index (χ0n) is 3.70. The van der Waals surface area contributed by atoms with Crippen molar-refractivity contribution in [1.82, 2.24) is 0 Å². The van der Waals surface area contributed by atoms with Crippen molar-refractivity contribution in [2.24, 2.45) is 0 Å². The molecular weight excluding hydrogens is 121 g/mol. The van der Waals surface area contributed by atoms with Gasteiger partial charge in [0.2, 0.25) is 0 Å². The monoisotopic (exact) mass is 132 g/mol. The average Bonchev–Trinajstić information content (AvgIpc) is 1.41. The van der Waals surface area contributed by atoms with Gasteiger partial charge in [0.15, 0.2) is 0 Å². The molecule has 0 aromatic rings. The van der Waals surface area contributed by atoms with Gasteiger partial charge in [0.05, 0.1) is 0 Å². The summed E-state index contributed by atoms with van der Waals surface area (Å²) in [7, 11) is 0. The van der Waals surface area contributed by atoms with Crippen LogP contribution in [0.5, 0.6) is 0 Å². The maximum atomic E-state index is 2.22. The maximum absolute atomic E-state index is 2.22. The van der Waals surface area contributed by atoms with Crippen molar-refractivity contribution in [2.45, 2.75) is 25.0 Å². The van der Waals surface area contributed by atoms with E-state index in [1.54, 1.807) is 0 Å². The number of rotatable bonds is 2. The minimum absolute atomic E-state index is 1.36. The van der Waals surface area contributed by atoms with Crippen molar-refractivity contribution < 1.29 is 0 Å². The Bertz CT molecular complexity index is 11.1. The molecular formula is C4H10Ge. The van der Waals surface area contributed by atoms with Gasteiger partial charge in [-0.05, 0) is 0 Å². The first-order chi connectivity index (χ1) is 2.41. The Labute approximate surface area is 42.2 Å². The normalized spacial score (nSPS) is 8.40. The predicted octanol–water partition coefficient (Wildman–Crippen LogP) is 1.11. The summed E-state index contributed by atoms with van der Waals surface area (Å²) in [5.74, 6) is 0. The molecule has 0 aromatic carbocycles. The Morgan fingerprint density at radius 3 is 2.20 bits per heavy atom. The first kappa shape index (κ1) is 5.54. The van der Waals surface area contributed by atoms with Crippen LogP contribution in [-0.2, 0) is 0 Å². The molecule has 0 nitrogen and oxygen atoms in total. The standard InChI is InChI=1S/C4H10Ge/c1-2-3-4-5/h5H,2-4H2,1H3. The molecule has 0 bridgehead atoms. The van der Waals surface area contributed by atoms with E-state index in [2.05, 4.69) is 6.92 Å². The molecule has 0 saturated carbocycles. The predicted molar refractivity (Wildman–Crippen MR) is 26.9 cm³/mol. The van der Waals surface area contributed by atoms with Gasteiger partial charge in [-0.25, -0.2) is 0 Å². The number of unbranched alkanes of at least 4 members (excludes halogenated alkanes) is 1. The first-order valence-corrected chi connectivity index (χ1v) is 3.83. The van der Waals surface area contributed by atoms with E-state index in [4.69, 9.17) is 0 Å². The van der Waals surface area contributed by atoms with Crippen LogP contribution in [0.1, 0.15) is 19.8 Å². The SMILES string of the molecule is CCC[CH2][GeH]. The Morgan fingerprint density at radius 1 is 1.60 bits per heavy atom. The van der Waals surface area contributed by atoms with E-state index in [1.165, 1.54) is 18.1 Å². The molecule has 0 amide bonds. The Balaban J connectivity index is 2.19. The fraction of sp³-hybridized carbons (Fsp3) is 1.00. The van der Waals surface area contributed by atoms with Crippen molar-refractivity contribution >= 4 is 16.5 Å². The van der Waals surface area contributed by atoms with E-state index >= 15 is 0 Å². The van der Waals surface area contributed by atoms with Crippen molar-refractivity contribution in [3.8, 4) is 0 Å². The molecule has 0 rings (SSSR count). The van der Waals surface area contributed by atoms with Gasteiger partial charge in [-0.1, -0.05) is 0 Å². The second-order valence-electron chi connectivity index (χ2n) is 1.14. The van der Waals surface area contributed by atoms with Crippen LogP contribution in [0.15, 0.2) is 0 Å². The average molecular weight is 131 g/mol. The molecule has 0 unspecified atom stereocenters. The Morgan fingerprint density at radius 2 is 2.20 bits per heavy atom. The van der Waals surface area contributed by atoms with E-state index < -0.39 is 0 Å². The second-order valence-corrected chi connectivity index (χ2v) is 2.35. The van der Waals surface area contributed by atoms with E-state index in [1.807, 2.05) is 16.5 Å². The van der Waals surface area contributed by atoms with Crippen LogP contribution in [0.25, 0.3) is 0 Å². The van der Waals surface area contributed by atoms with Crippen molar-refractivity contribution in [2.75, 3.05) is 0 Å². The van der Waals surface area contributed by atoms with E-state index in [0.29, 0.717) is 0 Å². The molecule has 0 fully saturated rings. The molecule has 2 radical (unpaired) electrons. The van der Waals surface area contributed by atoms with Crippen LogP contribution in [0, 0.1) is 0 Å². The molecule has 0 spiro atoms. The Kier molecular flexibility index (Phi) is 5.04. The second kappa shape index (κ2) is 4.54. The molecule has 0 aliphatic heterocycles. The summed E-state index contributed by atoms with van der Waals surface area (Å²) < 4.78 is 0. The fourth-order valence-electron chi connectivity index (χ4n) is 0.204. The summed E-state index contributed by atoms with van der Waals surface area (Å²) >= 11 is 1.85. The molecule has 0 aliphatic carbocycles. The van der Waals surface area contributed by atoms with Gasteiger partial charge < -0.3 is 0 Å². The van der Waals surface area contributed by atoms with Gasteiger partial charge in [-0.3, -0.25) is 0 Å². The summed E-state index contributed by atoms with van der Waals surface area (Å²) in [6.07, 6.45) is 2.78. The minimum atomic E-state index is 1.36. The zero-order chi connectivity index (χ0) is 4.12. The van der Waals surface area contributed by atoms with Crippen molar-refractivity contribution in [1.29, 1.82) is 0 Å². The third kappa shape index (κ3) is 4.54. The first-order valence-electron chi connectivity index (χ1n) is 2.12. The molecule has 1 heteroatoms. The van der Waals surface area contributed by atoms with Gasteiger partial charge in [0.25, 0.3) is 0 Å². The zero-order valence-corrected chi connectivity index (χ0v) is 6.12. The van der Waals surface area contributed by atoms with Gasteiger partial charge in [-0.2, -0.15) is 0 Å². The van der Waals surface area contributed by atoms with Crippen LogP contribution in [0.3, 0.4) is 0 Å². The molecule has 0 atom stereocenters. The van der Waals surface area contributed by atoms with Crippen LogP contribution < -0.4 is 0 Å². The summed E-state index contributed by atoms with van der Waals surface area (Å²) in [5.41, 5.74) is 0. The molecule has 5 heavy (non-hydrogen) atoms. The van der Waals surface area contributed by atoms with Crippen LogP contribution in [0.4, 0.5) is 0 Å². The summed E-state index contributed by atoms with van der Waals surface area (Å²) in [5, 5.41) is 1.41. The van der Waals surface area contributed by atoms with Crippen molar-refractivity contribution in [3.63, 3.8) is 0 Å². The molecule has 0 aliphatic rings. The van der Waals surface area contributed by atoms with Gasteiger partial charge in [-0.15, -0.1) is 0 Å². The number of hydrogen-bond acceptors (Lipinski definition) is 0. The van der Waals surface area contributed by atoms with Crippen LogP contribution in [0.2, 0.25) is 5.25 Å². The molecule has 0 heterocycles. The van der Waals surface area contributed by atoms with Crippen molar-refractivity contribution in [3.05, 3.63) is 0 Å².